The molecule has 0 saturated heterocycles. The molecule has 0 saturated carbocycles. The smallest absolute Gasteiger partial charge is 0.306 e. The van der Waals surface area contributed by atoms with Crippen molar-refractivity contribution < 1.29 is 24.9 Å². The first-order valence-corrected chi connectivity index (χ1v) is 8.87. The van der Waals surface area contributed by atoms with Gasteiger partial charge in [0.15, 0.2) is 0 Å². The molecule has 138 valence electrons. The highest BCUT2D eigenvalue weighted by Gasteiger charge is 2.10. The van der Waals surface area contributed by atoms with Crippen molar-refractivity contribution in [2.75, 3.05) is 0 Å². The minimum Gasteiger partial charge on any atom is -0.481 e. The predicted octanol–water partition coefficient (Wildman–Crippen LogP) is 4.33. The van der Waals surface area contributed by atoms with E-state index in [1.165, 1.54) is 19.3 Å². The zero-order valence-electron chi connectivity index (χ0n) is 15.3. The van der Waals surface area contributed by atoms with Crippen LogP contribution in [0.5, 0.6) is 0 Å². The summed E-state index contributed by atoms with van der Waals surface area (Å²) in [4.78, 5) is 20.5. The van der Waals surface area contributed by atoms with Crippen LogP contribution in [-0.2, 0) is 9.59 Å². The summed E-state index contributed by atoms with van der Waals surface area (Å²) in [7, 11) is 0. The van der Waals surface area contributed by atoms with Crippen LogP contribution in [0.25, 0.3) is 0 Å². The molecular formula is C18H36O5. The maximum absolute atomic E-state index is 10.4. The molecule has 0 fully saturated rings. The highest BCUT2D eigenvalue weighted by atomic mass is 16.4. The summed E-state index contributed by atoms with van der Waals surface area (Å²) >= 11 is 0. The van der Waals surface area contributed by atoms with Crippen LogP contribution in [0, 0.1) is 11.8 Å². The van der Waals surface area contributed by atoms with E-state index in [0.29, 0.717) is 12.3 Å². The number of aliphatic hydroxyl groups excluding tert-OH is 1. The van der Waals surface area contributed by atoms with E-state index in [9.17, 15) is 14.7 Å². The first-order chi connectivity index (χ1) is 10.7. The number of aliphatic hydroxyl groups is 1. The predicted molar refractivity (Wildman–Crippen MR) is 92.5 cm³/mol. The van der Waals surface area contributed by atoms with Crippen LogP contribution in [0.4, 0.5) is 0 Å². The lowest BCUT2D eigenvalue weighted by atomic mass is 9.99. The van der Waals surface area contributed by atoms with Gasteiger partial charge in [-0.1, -0.05) is 59.8 Å². The van der Waals surface area contributed by atoms with Crippen LogP contribution in [0.3, 0.4) is 0 Å². The van der Waals surface area contributed by atoms with Gasteiger partial charge < -0.3 is 15.3 Å². The molecule has 0 heterocycles. The van der Waals surface area contributed by atoms with Gasteiger partial charge in [0.05, 0.1) is 18.4 Å². The van der Waals surface area contributed by atoms with Crippen LogP contribution in [0.15, 0.2) is 0 Å². The van der Waals surface area contributed by atoms with Crippen molar-refractivity contribution in [2.24, 2.45) is 11.8 Å². The second-order valence-corrected chi connectivity index (χ2v) is 6.43. The minimum atomic E-state index is -0.924. The molecule has 0 aromatic rings. The molecule has 0 bridgehead atoms. The second kappa shape index (κ2) is 15.8. The number of carboxylic acid groups (broad SMARTS) is 2. The Morgan fingerprint density at radius 1 is 0.913 bits per heavy atom. The van der Waals surface area contributed by atoms with Crippen molar-refractivity contribution in [1.29, 1.82) is 0 Å². The third-order valence-corrected chi connectivity index (χ3v) is 4.01. The molecule has 0 amide bonds. The van der Waals surface area contributed by atoms with Crippen molar-refractivity contribution in [3.8, 4) is 0 Å². The van der Waals surface area contributed by atoms with Crippen molar-refractivity contribution in [1.82, 2.24) is 0 Å². The molecule has 3 atom stereocenters. The van der Waals surface area contributed by atoms with Crippen molar-refractivity contribution in [2.45, 2.75) is 91.6 Å². The summed E-state index contributed by atoms with van der Waals surface area (Å²) in [5.41, 5.74) is 0. The zero-order chi connectivity index (χ0) is 18.3. The van der Waals surface area contributed by atoms with Crippen LogP contribution in [0.2, 0.25) is 0 Å². The Hall–Kier alpha value is -1.10. The van der Waals surface area contributed by atoms with Crippen molar-refractivity contribution >= 4 is 11.9 Å². The Bertz CT molecular complexity index is 304. The largest absolute Gasteiger partial charge is 0.481 e. The molecule has 5 nitrogen and oxygen atoms in total. The maximum atomic E-state index is 10.4. The van der Waals surface area contributed by atoms with E-state index in [1.807, 2.05) is 0 Å². The third kappa shape index (κ3) is 18.9. The molecule has 0 aromatic carbocycles. The summed E-state index contributed by atoms with van der Waals surface area (Å²) in [6, 6.07) is 0. The van der Waals surface area contributed by atoms with Gasteiger partial charge in [-0.3, -0.25) is 9.59 Å². The lowest BCUT2D eigenvalue weighted by molar-refractivity contribution is -0.141. The molecule has 23 heavy (non-hydrogen) atoms. The van der Waals surface area contributed by atoms with Gasteiger partial charge in [-0.05, 0) is 25.2 Å². The lowest BCUT2D eigenvalue weighted by Gasteiger charge is -2.11. The Kier molecular flexibility index (Phi) is 16.6. The molecule has 0 radical (unpaired) electrons. The number of carboxylic acids is 2. The lowest BCUT2D eigenvalue weighted by Crippen LogP contribution is -2.13. The van der Waals surface area contributed by atoms with Crippen molar-refractivity contribution in [3.63, 3.8) is 0 Å². The first-order valence-electron chi connectivity index (χ1n) is 8.87. The maximum Gasteiger partial charge on any atom is 0.306 e. The fourth-order valence-corrected chi connectivity index (χ4v) is 1.99. The monoisotopic (exact) mass is 332 g/mol. The Morgan fingerprint density at radius 3 is 1.96 bits per heavy atom. The van der Waals surface area contributed by atoms with Gasteiger partial charge in [-0.15, -0.1) is 0 Å². The molecule has 3 unspecified atom stereocenters. The highest BCUT2D eigenvalue weighted by Crippen LogP contribution is 2.12. The Balaban J connectivity index is 0. The van der Waals surface area contributed by atoms with Gasteiger partial charge in [0, 0.05) is 0 Å². The summed E-state index contributed by atoms with van der Waals surface area (Å²) in [5, 5.41) is 26.1. The van der Waals surface area contributed by atoms with E-state index in [2.05, 4.69) is 20.8 Å². The number of hydrogen-bond donors (Lipinski definition) is 3. The Labute approximate surface area is 141 Å². The van der Waals surface area contributed by atoms with Crippen LogP contribution in [0.1, 0.15) is 85.5 Å². The van der Waals surface area contributed by atoms with E-state index < -0.39 is 18.0 Å². The fraction of sp³-hybridized carbons (Fsp3) is 0.889. The van der Waals surface area contributed by atoms with E-state index in [-0.39, 0.29) is 12.3 Å². The van der Waals surface area contributed by atoms with Gasteiger partial charge in [0.2, 0.25) is 0 Å². The fourth-order valence-electron chi connectivity index (χ4n) is 1.99. The van der Waals surface area contributed by atoms with Gasteiger partial charge in [0.25, 0.3) is 0 Å². The molecule has 3 N–H and O–H groups in total. The molecule has 0 aliphatic heterocycles. The number of hydrogen-bond acceptors (Lipinski definition) is 3. The van der Waals surface area contributed by atoms with Crippen molar-refractivity contribution in [3.05, 3.63) is 0 Å². The van der Waals surface area contributed by atoms with Crippen LogP contribution < -0.4 is 0 Å². The quantitative estimate of drug-likeness (QED) is 0.462. The SMILES string of the molecule is CCC(C)CCC(O)CC(=O)O.CCCCCCC(C)C(=O)O. The Morgan fingerprint density at radius 2 is 1.52 bits per heavy atom. The summed E-state index contributed by atoms with van der Waals surface area (Å²) < 4.78 is 0. The topological polar surface area (TPSA) is 94.8 Å². The van der Waals surface area contributed by atoms with E-state index in [4.69, 9.17) is 10.2 Å². The average molecular weight is 332 g/mol. The third-order valence-electron chi connectivity index (χ3n) is 4.01. The first kappa shape index (κ1) is 24.2. The van der Waals surface area contributed by atoms with Gasteiger partial charge >= 0.3 is 11.9 Å². The normalized spacial score (nSPS) is 14.3. The number of rotatable bonds is 12. The minimum absolute atomic E-state index is 0.129. The van der Waals surface area contributed by atoms with Gasteiger partial charge in [-0.25, -0.2) is 0 Å². The molecule has 0 aliphatic rings. The standard InChI is InChI=1S/C9H18O3.C9H18O2/c1-3-7(2)4-5-8(10)6-9(11)12;1-3-4-5-6-7-8(2)9(10)11/h7-8,10H,3-6H2,1-2H3,(H,11,12);8H,3-7H2,1-2H3,(H,10,11). The summed E-state index contributed by atoms with van der Waals surface area (Å²) in [6.07, 6.45) is 7.29. The number of aliphatic carboxylic acids is 2. The highest BCUT2D eigenvalue weighted by molar-refractivity contribution is 5.69. The zero-order valence-corrected chi connectivity index (χ0v) is 15.3. The molecule has 0 aliphatic carbocycles. The van der Waals surface area contributed by atoms with E-state index in [1.54, 1.807) is 6.92 Å². The summed E-state index contributed by atoms with van der Waals surface area (Å²) in [6.45, 7) is 8.12. The number of unbranched alkanes of at least 4 members (excludes halogenated alkanes) is 3. The average Bonchev–Trinajstić information content (AvgIpc) is 2.48. The van der Waals surface area contributed by atoms with Crippen LogP contribution >= 0.6 is 0 Å². The van der Waals surface area contributed by atoms with Gasteiger partial charge in [-0.2, -0.15) is 0 Å². The molecule has 0 aromatic heterocycles. The van der Waals surface area contributed by atoms with Gasteiger partial charge in [0.1, 0.15) is 0 Å². The summed E-state index contributed by atoms with van der Waals surface area (Å²) in [5.74, 6) is -1.17. The van der Waals surface area contributed by atoms with Crippen LogP contribution in [-0.4, -0.2) is 33.4 Å². The molecular weight excluding hydrogens is 296 g/mol. The van der Waals surface area contributed by atoms with E-state index in [0.717, 1.165) is 25.7 Å². The second-order valence-electron chi connectivity index (χ2n) is 6.43. The molecule has 5 heteroatoms. The molecule has 0 rings (SSSR count). The van der Waals surface area contributed by atoms with E-state index >= 15 is 0 Å². The number of carbonyl (C=O) groups is 2. The molecule has 0 spiro atoms.